The molecule has 21 heavy (non-hydrogen) atoms. The van der Waals surface area contributed by atoms with Crippen LogP contribution in [0.25, 0.3) is 0 Å². The van der Waals surface area contributed by atoms with Crippen LogP contribution in [0.4, 0.5) is 0 Å². The molecule has 1 aromatic rings. The Morgan fingerprint density at radius 2 is 1.86 bits per heavy atom. The lowest BCUT2D eigenvalue weighted by Crippen LogP contribution is -3.14. The van der Waals surface area contributed by atoms with Crippen molar-refractivity contribution in [2.45, 2.75) is 39.0 Å². The van der Waals surface area contributed by atoms with E-state index in [-0.39, 0.29) is 0 Å². The predicted octanol–water partition coefficient (Wildman–Crippen LogP) is 2.27. The molecule has 0 saturated carbocycles. The van der Waals surface area contributed by atoms with Gasteiger partial charge in [-0.05, 0) is 42.9 Å². The van der Waals surface area contributed by atoms with Crippen molar-refractivity contribution in [3.63, 3.8) is 0 Å². The molecule has 3 heteroatoms. The highest BCUT2D eigenvalue weighted by Gasteiger charge is 2.12. The number of ether oxygens (including phenoxy) is 2. The summed E-state index contributed by atoms with van der Waals surface area (Å²) in [6.07, 6.45) is 3.56. The van der Waals surface area contributed by atoms with Gasteiger partial charge in [0.1, 0.15) is 18.8 Å². The fourth-order valence-electron chi connectivity index (χ4n) is 2.71. The monoisotopic (exact) mass is 292 g/mol. The molecule has 0 aliphatic carbocycles. The molecule has 0 spiro atoms. The van der Waals surface area contributed by atoms with Crippen LogP contribution in [0.2, 0.25) is 0 Å². The fraction of sp³-hybridized carbons (Fsp3) is 0.667. The van der Waals surface area contributed by atoms with E-state index in [2.05, 4.69) is 38.1 Å². The minimum Gasteiger partial charge on any atom is -0.494 e. The van der Waals surface area contributed by atoms with Gasteiger partial charge in [0, 0.05) is 0 Å². The van der Waals surface area contributed by atoms with Crippen LogP contribution in [0.1, 0.15) is 44.6 Å². The summed E-state index contributed by atoms with van der Waals surface area (Å²) in [5.41, 5.74) is 1.40. The summed E-state index contributed by atoms with van der Waals surface area (Å²) in [5, 5.41) is 0. The van der Waals surface area contributed by atoms with Crippen molar-refractivity contribution in [1.29, 1.82) is 0 Å². The Hall–Kier alpha value is -1.06. The summed E-state index contributed by atoms with van der Waals surface area (Å²) in [5.74, 6) is 1.64. The highest BCUT2D eigenvalue weighted by atomic mass is 16.5. The van der Waals surface area contributed by atoms with Crippen LogP contribution in [0.15, 0.2) is 24.3 Å². The number of nitrogens with one attached hydrogen (secondary N) is 1. The van der Waals surface area contributed by atoms with E-state index < -0.39 is 0 Å². The van der Waals surface area contributed by atoms with Gasteiger partial charge in [-0.1, -0.05) is 26.0 Å². The SMILES string of the molecule is CC[C@H](C)c1ccc(OCCCC[NH+]2CCOCC2)cc1. The van der Waals surface area contributed by atoms with Gasteiger partial charge >= 0.3 is 0 Å². The van der Waals surface area contributed by atoms with Gasteiger partial charge in [0.25, 0.3) is 0 Å². The van der Waals surface area contributed by atoms with Crippen molar-refractivity contribution in [2.75, 3.05) is 39.5 Å². The Morgan fingerprint density at radius 3 is 2.52 bits per heavy atom. The van der Waals surface area contributed by atoms with Crippen molar-refractivity contribution in [2.24, 2.45) is 0 Å². The molecular formula is C18H30NO2+. The Morgan fingerprint density at radius 1 is 1.14 bits per heavy atom. The Labute approximate surface area is 129 Å². The van der Waals surface area contributed by atoms with Gasteiger partial charge in [-0.3, -0.25) is 0 Å². The van der Waals surface area contributed by atoms with Crippen LogP contribution >= 0.6 is 0 Å². The van der Waals surface area contributed by atoms with Crippen LogP contribution in [0.3, 0.4) is 0 Å². The molecular weight excluding hydrogens is 262 g/mol. The minimum absolute atomic E-state index is 0.635. The number of unbranched alkanes of at least 4 members (excludes halogenated alkanes) is 1. The second-order valence-electron chi connectivity index (χ2n) is 6.05. The topological polar surface area (TPSA) is 22.9 Å². The molecule has 1 N–H and O–H groups in total. The predicted molar refractivity (Wildman–Crippen MR) is 86.3 cm³/mol. The summed E-state index contributed by atoms with van der Waals surface area (Å²) in [4.78, 5) is 1.68. The third kappa shape index (κ3) is 5.68. The molecule has 0 amide bonds. The molecule has 1 aliphatic heterocycles. The van der Waals surface area contributed by atoms with Crippen molar-refractivity contribution in [3.05, 3.63) is 29.8 Å². The highest BCUT2D eigenvalue weighted by molar-refractivity contribution is 5.29. The number of rotatable bonds is 8. The van der Waals surface area contributed by atoms with Gasteiger partial charge in [-0.2, -0.15) is 0 Å². The molecule has 0 unspecified atom stereocenters. The molecule has 1 aromatic carbocycles. The van der Waals surface area contributed by atoms with Crippen LogP contribution in [-0.2, 0) is 4.74 Å². The molecule has 1 fully saturated rings. The zero-order valence-corrected chi connectivity index (χ0v) is 13.6. The molecule has 1 atom stereocenters. The maximum Gasteiger partial charge on any atom is 0.119 e. The van der Waals surface area contributed by atoms with Crippen LogP contribution in [0.5, 0.6) is 5.75 Å². The smallest absolute Gasteiger partial charge is 0.119 e. The van der Waals surface area contributed by atoms with E-state index >= 15 is 0 Å². The van der Waals surface area contributed by atoms with Gasteiger partial charge in [0.05, 0.1) is 26.4 Å². The maximum absolute atomic E-state index is 5.83. The molecule has 2 rings (SSSR count). The molecule has 0 aromatic heterocycles. The van der Waals surface area contributed by atoms with Crippen molar-refractivity contribution < 1.29 is 14.4 Å². The molecule has 1 aliphatic rings. The van der Waals surface area contributed by atoms with E-state index in [9.17, 15) is 0 Å². The summed E-state index contributed by atoms with van der Waals surface area (Å²) in [7, 11) is 0. The standard InChI is InChI=1S/C18H29NO2/c1-3-16(2)17-6-8-18(9-7-17)21-13-5-4-10-19-11-14-20-15-12-19/h6-9,16H,3-5,10-15H2,1-2H3/p+1/t16-/m0/s1. The first kappa shape index (κ1) is 16.3. The van der Waals surface area contributed by atoms with Crippen molar-refractivity contribution in [3.8, 4) is 5.75 Å². The van der Waals surface area contributed by atoms with E-state index in [0.717, 1.165) is 45.1 Å². The van der Waals surface area contributed by atoms with E-state index in [0.29, 0.717) is 5.92 Å². The lowest BCUT2D eigenvalue weighted by molar-refractivity contribution is -0.908. The van der Waals surface area contributed by atoms with E-state index in [1.54, 1.807) is 4.90 Å². The normalized spacial score (nSPS) is 17.6. The number of quaternary nitrogens is 1. The first-order valence-electron chi connectivity index (χ1n) is 8.43. The lowest BCUT2D eigenvalue weighted by Gasteiger charge is -2.23. The van der Waals surface area contributed by atoms with Crippen LogP contribution in [0, 0.1) is 0 Å². The second kappa shape index (κ2) is 9.06. The van der Waals surface area contributed by atoms with Crippen LogP contribution in [-0.4, -0.2) is 39.5 Å². The summed E-state index contributed by atoms with van der Waals surface area (Å²) in [6.45, 7) is 10.8. The Bertz CT molecular complexity index is 385. The summed E-state index contributed by atoms with van der Waals surface area (Å²) >= 11 is 0. The third-order valence-electron chi connectivity index (χ3n) is 4.45. The number of benzene rings is 1. The molecule has 0 bridgehead atoms. The zero-order valence-electron chi connectivity index (χ0n) is 13.6. The highest BCUT2D eigenvalue weighted by Crippen LogP contribution is 2.21. The van der Waals surface area contributed by atoms with Gasteiger partial charge in [0.2, 0.25) is 0 Å². The van der Waals surface area contributed by atoms with Crippen LogP contribution < -0.4 is 9.64 Å². The first-order chi connectivity index (χ1) is 10.3. The van der Waals surface area contributed by atoms with Gasteiger partial charge in [0.15, 0.2) is 0 Å². The largest absolute Gasteiger partial charge is 0.494 e. The molecule has 118 valence electrons. The second-order valence-corrected chi connectivity index (χ2v) is 6.05. The third-order valence-corrected chi connectivity index (χ3v) is 4.45. The fourth-order valence-corrected chi connectivity index (χ4v) is 2.71. The van der Waals surface area contributed by atoms with Gasteiger partial charge in [-0.25, -0.2) is 0 Å². The van der Waals surface area contributed by atoms with E-state index in [4.69, 9.17) is 9.47 Å². The maximum atomic E-state index is 5.83. The first-order valence-corrected chi connectivity index (χ1v) is 8.43. The average molecular weight is 292 g/mol. The minimum atomic E-state index is 0.635. The summed E-state index contributed by atoms with van der Waals surface area (Å²) in [6, 6.07) is 8.60. The summed E-state index contributed by atoms with van der Waals surface area (Å²) < 4.78 is 11.2. The number of hydrogen-bond donors (Lipinski definition) is 1. The molecule has 3 nitrogen and oxygen atoms in total. The number of morpholine rings is 1. The van der Waals surface area contributed by atoms with Gasteiger partial charge in [-0.15, -0.1) is 0 Å². The van der Waals surface area contributed by atoms with Crippen molar-refractivity contribution in [1.82, 2.24) is 0 Å². The lowest BCUT2D eigenvalue weighted by atomic mass is 9.99. The van der Waals surface area contributed by atoms with E-state index in [1.165, 1.54) is 24.9 Å². The molecule has 0 radical (unpaired) electrons. The average Bonchev–Trinajstić information content (AvgIpc) is 2.55. The van der Waals surface area contributed by atoms with Crippen molar-refractivity contribution >= 4 is 0 Å². The molecule has 1 saturated heterocycles. The molecule has 1 heterocycles. The quantitative estimate of drug-likeness (QED) is 0.743. The Balaban J connectivity index is 1.59. The Kier molecular flexibility index (Phi) is 7.04. The number of hydrogen-bond acceptors (Lipinski definition) is 2. The van der Waals surface area contributed by atoms with E-state index in [1.807, 2.05) is 0 Å². The van der Waals surface area contributed by atoms with Gasteiger partial charge < -0.3 is 14.4 Å². The zero-order chi connectivity index (χ0) is 14.9.